The first kappa shape index (κ1) is 22.0. The fraction of sp³-hybridized carbons (Fsp3) is 0.296. The van der Waals surface area contributed by atoms with E-state index in [0.717, 1.165) is 18.4 Å². The molecular formula is C27H22N2O7. The van der Waals surface area contributed by atoms with Gasteiger partial charge in [-0.3, -0.25) is 10.1 Å². The molecule has 6 rings (SSSR count). The second-order valence-electron chi connectivity index (χ2n) is 9.23. The van der Waals surface area contributed by atoms with E-state index in [1.54, 1.807) is 19.1 Å². The first-order valence-corrected chi connectivity index (χ1v) is 11.7. The van der Waals surface area contributed by atoms with Crippen LogP contribution in [0.1, 0.15) is 73.2 Å². The highest BCUT2D eigenvalue weighted by Gasteiger charge is 2.54. The van der Waals surface area contributed by atoms with Crippen molar-refractivity contribution < 1.29 is 32.8 Å². The lowest BCUT2D eigenvalue weighted by Crippen LogP contribution is -2.18. The van der Waals surface area contributed by atoms with E-state index >= 15 is 0 Å². The maximum atomic E-state index is 12.6. The topological polar surface area (TPSA) is 128 Å². The second-order valence-corrected chi connectivity index (χ2v) is 9.23. The van der Waals surface area contributed by atoms with E-state index in [0.29, 0.717) is 41.1 Å². The average Bonchev–Trinajstić information content (AvgIpc) is 3.76. The van der Waals surface area contributed by atoms with Gasteiger partial charge < -0.3 is 23.2 Å². The van der Waals surface area contributed by atoms with Crippen molar-refractivity contribution in [3.05, 3.63) is 71.0 Å². The third-order valence-electron chi connectivity index (χ3n) is 6.61. The van der Waals surface area contributed by atoms with Crippen molar-refractivity contribution in [1.29, 1.82) is 0 Å². The molecule has 2 aliphatic rings. The van der Waals surface area contributed by atoms with Gasteiger partial charge in [-0.25, -0.2) is 4.79 Å². The van der Waals surface area contributed by atoms with Crippen LogP contribution in [0.5, 0.6) is 0 Å². The fourth-order valence-electron chi connectivity index (χ4n) is 4.17. The number of nitrogens with zero attached hydrogens (tertiary/aromatic N) is 1. The third-order valence-corrected chi connectivity index (χ3v) is 6.61. The minimum Gasteiger partial charge on any atom is -0.480 e. The van der Waals surface area contributed by atoms with Crippen molar-refractivity contribution in [2.75, 3.05) is 5.32 Å². The number of nitrogens with one attached hydrogen (secondary N) is 1. The zero-order chi connectivity index (χ0) is 24.9. The third kappa shape index (κ3) is 4.01. The van der Waals surface area contributed by atoms with E-state index in [4.69, 9.17) is 18.1 Å². The number of hydrogen-bond donors (Lipinski definition) is 2. The number of aliphatic carboxylic acids is 1. The van der Waals surface area contributed by atoms with E-state index in [1.807, 2.05) is 30.3 Å². The Morgan fingerprint density at radius 3 is 2.61 bits per heavy atom. The molecule has 4 aromatic rings. The van der Waals surface area contributed by atoms with Crippen LogP contribution >= 0.6 is 0 Å². The van der Waals surface area contributed by atoms with Crippen molar-refractivity contribution >= 4 is 28.9 Å². The number of benzene rings is 1. The van der Waals surface area contributed by atoms with Crippen molar-refractivity contribution in [1.82, 2.24) is 5.16 Å². The SMILES string of the molecule is CC(OC(=O)Nc1c(C2CC2)noc1C#Cc1cc2cc(C3(C(=O)O)CC3)oc2o1)c1ccccc1. The molecule has 0 aliphatic heterocycles. The van der Waals surface area contributed by atoms with Crippen LogP contribution < -0.4 is 5.32 Å². The number of carboxylic acids is 1. The van der Waals surface area contributed by atoms with E-state index in [-0.39, 0.29) is 17.5 Å². The zero-order valence-electron chi connectivity index (χ0n) is 19.4. The molecule has 0 radical (unpaired) electrons. The lowest BCUT2D eigenvalue weighted by atomic mass is 10.0. The highest BCUT2D eigenvalue weighted by atomic mass is 16.6. The molecule has 182 valence electrons. The molecule has 0 spiro atoms. The first-order valence-electron chi connectivity index (χ1n) is 11.7. The number of carboxylic acid groups (broad SMARTS) is 1. The van der Waals surface area contributed by atoms with Crippen LogP contribution in [0.3, 0.4) is 0 Å². The number of aromatic nitrogens is 1. The summed E-state index contributed by atoms with van der Waals surface area (Å²) in [6.07, 6.45) is 1.93. The summed E-state index contributed by atoms with van der Waals surface area (Å²) in [7, 11) is 0. The number of rotatable bonds is 6. The standard InChI is InChI=1S/C27H22N2O7/c1-15(16-5-3-2-4-6-16)33-26(32)28-23-20(36-29-22(23)17-7-8-17)10-9-19-13-18-14-21(35-24(18)34-19)27(11-12-27)25(30)31/h2-6,13-15,17H,7-8,11-12H2,1H3,(H,28,32)(H,30,31). The average molecular weight is 486 g/mol. The first-order chi connectivity index (χ1) is 17.4. The molecule has 2 saturated carbocycles. The number of hydrogen-bond acceptors (Lipinski definition) is 7. The number of furan rings is 2. The number of carbonyl (C=O) groups excluding carboxylic acids is 1. The van der Waals surface area contributed by atoms with E-state index in [2.05, 4.69) is 22.3 Å². The molecule has 0 bridgehead atoms. The Kier molecular flexibility index (Phi) is 5.11. The monoisotopic (exact) mass is 486 g/mol. The molecule has 9 nitrogen and oxygen atoms in total. The highest BCUT2D eigenvalue weighted by Crippen LogP contribution is 2.50. The van der Waals surface area contributed by atoms with Gasteiger partial charge in [-0.15, -0.1) is 0 Å². The Morgan fingerprint density at radius 2 is 1.94 bits per heavy atom. The van der Waals surface area contributed by atoms with E-state index in [1.165, 1.54) is 0 Å². The summed E-state index contributed by atoms with van der Waals surface area (Å²) in [5.41, 5.74) is 0.969. The van der Waals surface area contributed by atoms with Crippen LogP contribution in [-0.4, -0.2) is 22.3 Å². The number of fused-ring (bicyclic) bond motifs is 1. The Morgan fingerprint density at radius 1 is 1.17 bits per heavy atom. The Bertz CT molecular complexity index is 1490. The molecular weight excluding hydrogens is 464 g/mol. The molecule has 1 unspecified atom stereocenters. The van der Waals surface area contributed by atoms with Gasteiger partial charge in [-0.1, -0.05) is 35.5 Å². The lowest BCUT2D eigenvalue weighted by Gasteiger charge is -2.14. The van der Waals surface area contributed by atoms with Gasteiger partial charge >= 0.3 is 12.1 Å². The minimum absolute atomic E-state index is 0.192. The van der Waals surface area contributed by atoms with Crippen LogP contribution in [-0.2, 0) is 14.9 Å². The summed E-state index contributed by atoms with van der Waals surface area (Å²) in [4.78, 5) is 24.2. The van der Waals surface area contributed by atoms with Gasteiger partial charge in [0.1, 0.15) is 28.7 Å². The van der Waals surface area contributed by atoms with Crippen molar-refractivity contribution in [2.24, 2.45) is 0 Å². The molecule has 9 heteroatoms. The normalized spacial score (nSPS) is 16.7. The number of carbonyl (C=O) groups is 2. The van der Waals surface area contributed by atoms with Crippen LogP contribution in [0.25, 0.3) is 11.2 Å². The van der Waals surface area contributed by atoms with Gasteiger partial charge in [0.05, 0.1) is 5.39 Å². The summed E-state index contributed by atoms with van der Waals surface area (Å²) in [5, 5.41) is 17.0. The van der Waals surface area contributed by atoms with Gasteiger partial charge in [0.15, 0.2) is 5.76 Å². The predicted molar refractivity (Wildman–Crippen MR) is 126 cm³/mol. The van der Waals surface area contributed by atoms with E-state index < -0.39 is 23.6 Å². The van der Waals surface area contributed by atoms with Crippen LogP contribution in [0.2, 0.25) is 0 Å². The molecule has 2 N–H and O–H groups in total. The van der Waals surface area contributed by atoms with Crippen molar-refractivity contribution in [3.63, 3.8) is 0 Å². The maximum Gasteiger partial charge on any atom is 0.412 e. The number of amides is 1. The molecule has 2 aliphatic carbocycles. The summed E-state index contributed by atoms with van der Waals surface area (Å²) < 4.78 is 22.3. The molecule has 1 amide bonds. The Labute approximate surface area is 205 Å². The van der Waals surface area contributed by atoms with Gasteiger partial charge in [0, 0.05) is 12.0 Å². The quantitative estimate of drug-likeness (QED) is 0.331. The predicted octanol–water partition coefficient (Wildman–Crippen LogP) is 5.72. The largest absolute Gasteiger partial charge is 0.480 e. The molecule has 3 aromatic heterocycles. The summed E-state index contributed by atoms with van der Waals surface area (Å²) in [6, 6.07) is 12.8. The zero-order valence-corrected chi connectivity index (χ0v) is 19.4. The molecule has 36 heavy (non-hydrogen) atoms. The summed E-state index contributed by atoms with van der Waals surface area (Å²) in [5.74, 6) is 6.16. The van der Waals surface area contributed by atoms with E-state index in [9.17, 15) is 14.7 Å². The van der Waals surface area contributed by atoms with Crippen molar-refractivity contribution in [3.8, 4) is 11.8 Å². The summed E-state index contributed by atoms with van der Waals surface area (Å²) in [6.45, 7) is 1.80. The smallest absolute Gasteiger partial charge is 0.412 e. The number of ether oxygens (including phenoxy) is 1. The minimum atomic E-state index is -0.945. The van der Waals surface area contributed by atoms with Crippen LogP contribution in [0.4, 0.5) is 10.5 Å². The molecule has 2 fully saturated rings. The fourth-order valence-corrected chi connectivity index (χ4v) is 4.17. The van der Waals surface area contributed by atoms with Crippen molar-refractivity contribution in [2.45, 2.75) is 50.0 Å². The van der Waals surface area contributed by atoms with Gasteiger partial charge in [-0.05, 0) is 56.1 Å². The molecule has 1 aromatic carbocycles. The lowest BCUT2D eigenvalue weighted by molar-refractivity contribution is -0.140. The van der Waals surface area contributed by atoms with Gasteiger partial charge in [-0.2, -0.15) is 0 Å². The Balaban J connectivity index is 1.21. The molecule has 1 atom stereocenters. The molecule has 3 heterocycles. The van der Waals surface area contributed by atoms with Crippen LogP contribution in [0.15, 0.2) is 55.8 Å². The second kappa shape index (κ2) is 8.34. The molecule has 0 saturated heterocycles. The number of anilines is 1. The van der Waals surface area contributed by atoms with Gasteiger partial charge in [0.2, 0.25) is 5.76 Å². The van der Waals surface area contributed by atoms with Gasteiger partial charge in [0.25, 0.3) is 5.78 Å². The highest BCUT2D eigenvalue weighted by molar-refractivity contribution is 5.88. The van der Waals surface area contributed by atoms with Crippen LogP contribution in [0, 0.1) is 11.8 Å². The Hall–Kier alpha value is -4.45. The summed E-state index contributed by atoms with van der Waals surface area (Å²) >= 11 is 0. The maximum absolute atomic E-state index is 12.6.